The van der Waals surface area contributed by atoms with Gasteiger partial charge < -0.3 is 5.32 Å². The number of carbonyl (C=O) groups is 1. The summed E-state index contributed by atoms with van der Waals surface area (Å²) in [6.45, 7) is 9.38. The molecule has 2 aromatic carbocycles. The van der Waals surface area contributed by atoms with Gasteiger partial charge in [-0.15, -0.1) is 0 Å². The molecule has 0 aliphatic rings. The summed E-state index contributed by atoms with van der Waals surface area (Å²) in [5.74, 6) is -0.00665. The van der Waals surface area contributed by atoms with Gasteiger partial charge in [0.15, 0.2) is 0 Å². The molecule has 1 amide bonds. The first-order valence-electron chi connectivity index (χ1n) is 8.78. The maximum absolute atomic E-state index is 12.4. The molecule has 2 aromatic rings. The molecule has 24 heavy (non-hydrogen) atoms. The summed E-state index contributed by atoms with van der Waals surface area (Å²) in [5.41, 5.74) is 3.20. The monoisotopic (exact) mass is 324 g/mol. The number of hydrogen-bond acceptors (Lipinski definition) is 2. The van der Waals surface area contributed by atoms with Crippen molar-refractivity contribution in [3.63, 3.8) is 0 Å². The molecule has 128 valence electrons. The van der Waals surface area contributed by atoms with Crippen LogP contribution in [0.5, 0.6) is 0 Å². The van der Waals surface area contributed by atoms with Gasteiger partial charge in [0.25, 0.3) is 5.91 Å². The van der Waals surface area contributed by atoms with Crippen LogP contribution in [-0.2, 0) is 13.0 Å². The van der Waals surface area contributed by atoms with Gasteiger partial charge in [-0.1, -0.05) is 56.3 Å². The molecule has 0 bridgehead atoms. The highest BCUT2D eigenvalue weighted by Gasteiger charge is 2.10. The highest BCUT2D eigenvalue weighted by Crippen LogP contribution is 2.09. The normalized spacial score (nSPS) is 12.2. The van der Waals surface area contributed by atoms with Gasteiger partial charge >= 0.3 is 0 Å². The molecule has 3 heteroatoms. The fourth-order valence-corrected chi connectivity index (χ4v) is 2.79. The largest absolute Gasteiger partial charge is 0.349 e. The predicted molar refractivity (Wildman–Crippen MR) is 100 cm³/mol. The lowest BCUT2D eigenvalue weighted by molar-refractivity contribution is 0.0940. The minimum atomic E-state index is -0.00665. The minimum absolute atomic E-state index is 0.00665. The number of nitrogens with one attached hydrogen (secondary N) is 1. The van der Waals surface area contributed by atoms with Crippen molar-refractivity contribution in [3.8, 4) is 0 Å². The van der Waals surface area contributed by atoms with Gasteiger partial charge in [0.1, 0.15) is 0 Å². The van der Waals surface area contributed by atoms with Crippen LogP contribution in [0.1, 0.15) is 42.3 Å². The molecule has 0 saturated carbocycles. The summed E-state index contributed by atoms with van der Waals surface area (Å²) in [5, 5.41) is 3.08. The minimum Gasteiger partial charge on any atom is -0.349 e. The summed E-state index contributed by atoms with van der Waals surface area (Å²) in [6, 6.07) is 18.3. The molecular weight excluding hydrogens is 296 g/mol. The van der Waals surface area contributed by atoms with Gasteiger partial charge in [-0.2, -0.15) is 0 Å². The van der Waals surface area contributed by atoms with Crippen LogP contribution in [0.3, 0.4) is 0 Å². The molecule has 0 fully saturated rings. The third kappa shape index (κ3) is 5.50. The van der Waals surface area contributed by atoms with Crippen LogP contribution in [0.4, 0.5) is 0 Å². The van der Waals surface area contributed by atoms with E-state index in [1.807, 2.05) is 37.3 Å². The molecule has 0 aliphatic carbocycles. The van der Waals surface area contributed by atoms with Gasteiger partial charge in [0.05, 0.1) is 0 Å². The number of amides is 1. The summed E-state index contributed by atoms with van der Waals surface area (Å²) in [4.78, 5) is 14.7. The summed E-state index contributed by atoms with van der Waals surface area (Å²) < 4.78 is 0. The Morgan fingerprint density at radius 1 is 0.958 bits per heavy atom. The highest BCUT2D eigenvalue weighted by atomic mass is 16.1. The van der Waals surface area contributed by atoms with Gasteiger partial charge in [0.2, 0.25) is 0 Å². The van der Waals surface area contributed by atoms with Crippen molar-refractivity contribution in [1.29, 1.82) is 0 Å². The topological polar surface area (TPSA) is 32.3 Å². The Balaban J connectivity index is 1.90. The maximum atomic E-state index is 12.4. The Hall–Kier alpha value is -2.13. The lowest BCUT2D eigenvalue weighted by Gasteiger charge is -2.18. The average molecular weight is 324 g/mol. The second-order valence-electron chi connectivity index (χ2n) is 6.22. The lowest BCUT2D eigenvalue weighted by Crippen LogP contribution is -2.34. The molecule has 2 rings (SSSR count). The molecular formula is C21H28N2O. The number of hydrogen-bond donors (Lipinski definition) is 1. The second kappa shape index (κ2) is 9.24. The van der Waals surface area contributed by atoms with Crippen LogP contribution in [0, 0.1) is 0 Å². The van der Waals surface area contributed by atoms with Gasteiger partial charge in [0, 0.05) is 18.2 Å². The molecule has 0 radical (unpaired) electrons. The van der Waals surface area contributed by atoms with E-state index in [0.29, 0.717) is 0 Å². The third-order valence-electron chi connectivity index (χ3n) is 4.28. The Bertz CT molecular complexity index is 618. The average Bonchev–Trinajstić information content (AvgIpc) is 2.60. The molecule has 1 N–H and O–H groups in total. The zero-order valence-corrected chi connectivity index (χ0v) is 15.0. The first-order valence-corrected chi connectivity index (χ1v) is 8.78. The second-order valence-corrected chi connectivity index (χ2v) is 6.22. The first-order chi connectivity index (χ1) is 11.6. The molecule has 0 saturated heterocycles. The van der Waals surface area contributed by atoms with Crippen LogP contribution >= 0.6 is 0 Å². The molecule has 1 atom stereocenters. The van der Waals surface area contributed by atoms with E-state index in [0.717, 1.165) is 31.6 Å². The van der Waals surface area contributed by atoms with Gasteiger partial charge in [-0.05, 0) is 49.7 Å². The van der Waals surface area contributed by atoms with E-state index in [4.69, 9.17) is 0 Å². The smallest absolute Gasteiger partial charge is 0.251 e. The predicted octanol–water partition coefficient (Wildman–Crippen LogP) is 3.89. The fraction of sp³-hybridized carbons (Fsp3) is 0.381. The molecule has 0 aromatic heterocycles. The number of rotatable bonds is 8. The van der Waals surface area contributed by atoms with Crippen molar-refractivity contribution in [2.75, 3.05) is 13.1 Å². The van der Waals surface area contributed by atoms with Crippen molar-refractivity contribution in [2.24, 2.45) is 0 Å². The van der Waals surface area contributed by atoms with Crippen molar-refractivity contribution in [2.45, 2.75) is 39.8 Å². The zero-order valence-electron chi connectivity index (χ0n) is 15.0. The molecule has 0 spiro atoms. The van der Waals surface area contributed by atoms with Crippen LogP contribution in [0.15, 0.2) is 54.6 Å². The summed E-state index contributed by atoms with van der Waals surface area (Å²) >= 11 is 0. The number of carbonyl (C=O) groups excluding carboxylic acids is 1. The molecule has 0 heterocycles. The van der Waals surface area contributed by atoms with Crippen LogP contribution < -0.4 is 5.32 Å². The van der Waals surface area contributed by atoms with Gasteiger partial charge in [-0.3, -0.25) is 9.69 Å². The van der Waals surface area contributed by atoms with Crippen molar-refractivity contribution in [1.82, 2.24) is 10.2 Å². The van der Waals surface area contributed by atoms with Crippen molar-refractivity contribution < 1.29 is 4.79 Å². The van der Waals surface area contributed by atoms with E-state index in [2.05, 4.69) is 48.3 Å². The quantitative estimate of drug-likeness (QED) is 0.799. The van der Waals surface area contributed by atoms with E-state index in [9.17, 15) is 4.79 Å². The van der Waals surface area contributed by atoms with Crippen molar-refractivity contribution in [3.05, 3.63) is 71.3 Å². The van der Waals surface area contributed by atoms with Crippen LogP contribution in [0.25, 0.3) is 0 Å². The Kier molecular flexibility index (Phi) is 7.01. The molecule has 0 unspecified atom stereocenters. The lowest BCUT2D eigenvalue weighted by atomic mass is 10.1. The maximum Gasteiger partial charge on any atom is 0.251 e. The Morgan fingerprint density at radius 2 is 1.58 bits per heavy atom. The van der Waals surface area contributed by atoms with E-state index >= 15 is 0 Å². The van der Waals surface area contributed by atoms with Gasteiger partial charge in [-0.25, -0.2) is 0 Å². The first kappa shape index (κ1) is 18.2. The standard InChI is InChI=1S/C21H28N2O/c1-4-23(5-2)16-19-11-13-20(14-12-19)21(24)22-17(3)15-18-9-7-6-8-10-18/h6-14,17H,4-5,15-16H2,1-3H3,(H,22,24)/t17-/m0/s1. The highest BCUT2D eigenvalue weighted by molar-refractivity contribution is 5.94. The molecule has 0 aliphatic heterocycles. The number of nitrogens with zero attached hydrogens (tertiary/aromatic N) is 1. The van der Waals surface area contributed by atoms with E-state index in [1.54, 1.807) is 0 Å². The number of benzene rings is 2. The van der Waals surface area contributed by atoms with Crippen LogP contribution in [0.2, 0.25) is 0 Å². The van der Waals surface area contributed by atoms with Crippen molar-refractivity contribution >= 4 is 5.91 Å². The van der Waals surface area contributed by atoms with Crippen LogP contribution in [-0.4, -0.2) is 29.9 Å². The Labute approximate surface area is 145 Å². The van der Waals surface area contributed by atoms with E-state index in [1.165, 1.54) is 11.1 Å². The van der Waals surface area contributed by atoms with E-state index in [-0.39, 0.29) is 11.9 Å². The van der Waals surface area contributed by atoms with E-state index < -0.39 is 0 Å². The Morgan fingerprint density at radius 3 is 2.17 bits per heavy atom. The SMILES string of the molecule is CCN(CC)Cc1ccc(C(=O)N[C@@H](C)Cc2ccccc2)cc1. The third-order valence-corrected chi connectivity index (χ3v) is 4.28. The summed E-state index contributed by atoms with van der Waals surface area (Å²) in [6.07, 6.45) is 0.840. The summed E-state index contributed by atoms with van der Waals surface area (Å²) in [7, 11) is 0. The fourth-order valence-electron chi connectivity index (χ4n) is 2.79. The molecule has 3 nitrogen and oxygen atoms in total. The zero-order chi connectivity index (χ0) is 17.4.